The Balaban J connectivity index is 2.43. The van der Waals surface area contributed by atoms with Crippen LogP contribution in [0.5, 0.6) is 0 Å². The van der Waals surface area contributed by atoms with Crippen LogP contribution in [0.4, 0.5) is 5.69 Å². The monoisotopic (exact) mass is 253 g/mol. The van der Waals surface area contributed by atoms with Crippen molar-refractivity contribution in [2.45, 2.75) is 19.8 Å². The lowest BCUT2D eigenvalue weighted by atomic mass is 10.1. The van der Waals surface area contributed by atoms with Gasteiger partial charge in [-0.2, -0.15) is 0 Å². The van der Waals surface area contributed by atoms with Crippen molar-refractivity contribution in [2.24, 2.45) is 0 Å². The number of sulfonamides is 1. The van der Waals surface area contributed by atoms with Crippen LogP contribution in [0.1, 0.15) is 25.5 Å². The van der Waals surface area contributed by atoms with Crippen LogP contribution in [0.15, 0.2) is 28.7 Å². The molecule has 17 heavy (non-hydrogen) atoms. The van der Waals surface area contributed by atoms with Gasteiger partial charge in [0.25, 0.3) is 0 Å². The summed E-state index contributed by atoms with van der Waals surface area (Å²) in [6.07, 6.45) is 1.13. The average molecular weight is 253 g/mol. The molecule has 1 aromatic heterocycles. The average Bonchev–Trinajstić information content (AvgIpc) is 2.57. The molecule has 0 saturated carbocycles. The van der Waals surface area contributed by atoms with Gasteiger partial charge in [0, 0.05) is 17.0 Å². The molecule has 0 unspecified atom stereocenters. The third kappa shape index (κ3) is 2.79. The van der Waals surface area contributed by atoms with Gasteiger partial charge in [-0.1, -0.05) is 13.8 Å². The fourth-order valence-corrected chi connectivity index (χ4v) is 2.18. The van der Waals surface area contributed by atoms with Crippen molar-refractivity contribution in [2.75, 3.05) is 11.0 Å². The molecule has 1 aromatic carbocycles. The van der Waals surface area contributed by atoms with E-state index in [4.69, 9.17) is 4.42 Å². The zero-order valence-electron chi connectivity index (χ0n) is 10.0. The van der Waals surface area contributed by atoms with E-state index in [2.05, 4.69) is 4.72 Å². The first-order valence-electron chi connectivity index (χ1n) is 5.36. The molecule has 0 amide bonds. The molecular formula is C12H15NO3S. The van der Waals surface area contributed by atoms with Crippen molar-refractivity contribution in [1.82, 2.24) is 0 Å². The lowest BCUT2D eigenvalue weighted by Gasteiger charge is -2.02. The molecule has 2 rings (SSSR count). The highest BCUT2D eigenvalue weighted by Gasteiger charge is 2.09. The van der Waals surface area contributed by atoms with E-state index in [-0.39, 0.29) is 0 Å². The molecule has 0 radical (unpaired) electrons. The summed E-state index contributed by atoms with van der Waals surface area (Å²) in [7, 11) is -3.24. The number of benzene rings is 1. The molecule has 1 heterocycles. The van der Waals surface area contributed by atoms with Crippen molar-refractivity contribution in [3.8, 4) is 0 Å². The van der Waals surface area contributed by atoms with E-state index in [1.54, 1.807) is 18.2 Å². The molecule has 1 N–H and O–H groups in total. The Kier molecular flexibility index (Phi) is 2.87. The standard InChI is InChI=1S/C12H15NO3S/c1-8(2)12-7-9-6-10(13-17(3,14)15)4-5-11(9)16-12/h4-8,13H,1-3H3. The molecule has 0 spiro atoms. The number of hydrogen-bond donors (Lipinski definition) is 1. The Hall–Kier alpha value is -1.49. The van der Waals surface area contributed by atoms with E-state index in [1.165, 1.54) is 0 Å². The minimum atomic E-state index is -3.24. The van der Waals surface area contributed by atoms with E-state index < -0.39 is 10.0 Å². The summed E-state index contributed by atoms with van der Waals surface area (Å²) in [6, 6.07) is 7.17. The van der Waals surface area contributed by atoms with Crippen molar-refractivity contribution in [3.63, 3.8) is 0 Å². The minimum Gasteiger partial charge on any atom is -0.461 e. The second-order valence-electron chi connectivity index (χ2n) is 4.43. The van der Waals surface area contributed by atoms with Gasteiger partial charge in [-0.15, -0.1) is 0 Å². The molecule has 5 heteroatoms. The SMILES string of the molecule is CC(C)c1cc2cc(NS(C)(=O)=O)ccc2o1. The molecule has 0 aliphatic carbocycles. The van der Waals surface area contributed by atoms with Crippen LogP contribution in [0.3, 0.4) is 0 Å². The van der Waals surface area contributed by atoms with Crippen LogP contribution in [-0.4, -0.2) is 14.7 Å². The summed E-state index contributed by atoms with van der Waals surface area (Å²) in [5.74, 6) is 1.21. The summed E-state index contributed by atoms with van der Waals surface area (Å²) >= 11 is 0. The summed E-state index contributed by atoms with van der Waals surface area (Å²) in [5.41, 5.74) is 1.32. The third-order valence-electron chi connectivity index (χ3n) is 2.41. The van der Waals surface area contributed by atoms with Crippen molar-refractivity contribution < 1.29 is 12.8 Å². The highest BCUT2D eigenvalue weighted by molar-refractivity contribution is 7.92. The molecule has 4 nitrogen and oxygen atoms in total. The number of rotatable bonds is 3. The maximum absolute atomic E-state index is 11.1. The summed E-state index contributed by atoms with van der Waals surface area (Å²) in [4.78, 5) is 0. The van der Waals surface area contributed by atoms with Crippen LogP contribution >= 0.6 is 0 Å². The van der Waals surface area contributed by atoms with Gasteiger partial charge in [-0.25, -0.2) is 8.42 Å². The van der Waals surface area contributed by atoms with Crippen LogP contribution < -0.4 is 4.72 Å². The van der Waals surface area contributed by atoms with Crippen molar-refractivity contribution >= 4 is 26.7 Å². The third-order valence-corrected chi connectivity index (χ3v) is 3.01. The largest absolute Gasteiger partial charge is 0.461 e. The Morgan fingerprint density at radius 2 is 1.94 bits per heavy atom. The molecule has 0 saturated heterocycles. The first-order valence-corrected chi connectivity index (χ1v) is 7.25. The number of anilines is 1. The second-order valence-corrected chi connectivity index (χ2v) is 6.18. The lowest BCUT2D eigenvalue weighted by Crippen LogP contribution is -2.09. The zero-order chi connectivity index (χ0) is 12.6. The minimum absolute atomic E-state index is 0.314. The Bertz CT molecular complexity index is 641. The topological polar surface area (TPSA) is 59.3 Å². The predicted octanol–water partition coefficient (Wildman–Crippen LogP) is 2.93. The van der Waals surface area contributed by atoms with E-state index in [9.17, 15) is 8.42 Å². The molecule has 0 bridgehead atoms. The Labute approximate surface area is 101 Å². The summed E-state index contributed by atoms with van der Waals surface area (Å²) < 4.78 is 30.3. The molecule has 2 aromatic rings. The van der Waals surface area contributed by atoms with Gasteiger partial charge in [-0.3, -0.25) is 4.72 Å². The molecule has 0 aliphatic rings. The molecule has 0 aliphatic heterocycles. The molecular weight excluding hydrogens is 238 g/mol. The van der Waals surface area contributed by atoms with Gasteiger partial charge in [0.05, 0.1) is 6.26 Å². The van der Waals surface area contributed by atoms with Gasteiger partial charge < -0.3 is 4.42 Å². The first-order chi connectivity index (χ1) is 7.85. The number of fused-ring (bicyclic) bond motifs is 1. The van der Waals surface area contributed by atoms with Crippen LogP contribution in [0.2, 0.25) is 0 Å². The van der Waals surface area contributed by atoms with E-state index in [0.717, 1.165) is 23.0 Å². The maximum Gasteiger partial charge on any atom is 0.229 e. The fraction of sp³-hybridized carbons (Fsp3) is 0.333. The second kappa shape index (κ2) is 4.07. The predicted molar refractivity (Wildman–Crippen MR) is 68.8 cm³/mol. The van der Waals surface area contributed by atoms with Gasteiger partial charge in [0.15, 0.2) is 0 Å². The van der Waals surface area contributed by atoms with E-state index in [0.29, 0.717) is 11.6 Å². The quantitative estimate of drug-likeness (QED) is 0.914. The van der Waals surface area contributed by atoms with E-state index in [1.807, 2.05) is 19.9 Å². The van der Waals surface area contributed by atoms with Crippen molar-refractivity contribution in [3.05, 3.63) is 30.0 Å². The molecule has 0 atom stereocenters. The molecule has 0 fully saturated rings. The van der Waals surface area contributed by atoms with Crippen LogP contribution in [-0.2, 0) is 10.0 Å². The first kappa shape index (κ1) is 12.0. The lowest BCUT2D eigenvalue weighted by molar-refractivity contribution is 0.522. The number of furan rings is 1. The Morgan fingerprint density at radius 1 is 1.24 bits per heavy atom. The van der Waals surface area contributed by atoms with E-state index >= 15 is 0 Å². The number of nitrogens with one attached hydrogen (secondary N) is 1. The zero-order valence-corrected chi connectivity index (χ0v) is 10.8. The smallest absolute Gasteiger partial charge is 0.229 e. The fourth-order valence-electron chi connectivity index (χ4n) is 1.63. The number of hydrogen-bond acceptors (Lipinski definition) is 3. The van der Waals surface area contributed by atoms with Gasteiger partial charge in [0.1, 0.15) is 11.3 Å². The van der Waals surface area contributed by atoms with Crippen molar-refractivity contribution in [1.29, 1.82) is 0 Å². The molecule has 92 valence electrons. The van der Waals surface area contributed by atoms with Gasteiger partial charge >= 0.3 is 0 Å². The maximum atomic E-state index is 11.1. The Morgan fingerprint density at radius 3 is 2.53 bits per heavy atom. The van der Waals surface area contributed by atoms with Gasteiger partial charge in [0.2, 0.25) is 10.0 Å². The summed E-state index contributed by atoms with van der Waals surface area (Å²) in [5, 5.41) is 0.905. The van der Waals surface area contributed by atoms with Crippen LogP contribution in [0, 0.1) is 0 Å². The highest BCUT2D eigenvalue weighted by Crippen LogP contribution is 2.27. The summed E-state index contributed by atoms with van der Waals surface area (Å²) in [6.45, 7) is 4.10. The van der Waals surface area contributed by atoms with Crippen LogP contribution in [0.25, 0.3) is 11.0 Å². The highest BCUT2D eigenvalue weighted by atomic mass is 32.2. The van der Waals surface area contributed by atoms with Gasteiger partial charge in [-0.05, 0) is 24.3 Å². The normalized spacial score (nSPS) is 12.2.